The summed E-state index contributed by atoms with van der Waals surface area (Å²) in [7, 11) is 0. The highest BCUT2D eigenvalue weighted by Gasteiger charge is 2.55. The fraction of sp³-hybridized carbons (Fsp3) is 1.00. The van der Waals surface area contributed by atoms with Crippen molar-refractivity contribution in [1.29, 1.82) is 0 Å². The van der Waals surface area contributed by atoms with Gasteiger partial charge in [-0.05, 0) is 0 Å². The van der Waals surface area contributed by atoms with E-state index >= 15 is 0 Å². The minimum atomic E-state index is -2.19. The van der Waals surface area contributed by atoms with E-state index in [1.807, 2.05) is 0 Å². The van der Waals surface area contributed by atoms with Gasteiger partial charge in [-0.2, -0.15) is 0 Å². The summed E-state index contributed by atoms with van der Waals surface area (Å²) in [6, 6.07) is 0. The molecule has 6 aliphatic rings. The van der Waals surface area contributed by atoms with Gasteiger partial charge in [-0.3, -0.25) is 0 Å². The molecular weight excluding hydrogens is 1080 g/mol. The van der Waals surface area contributed by atoms with Gasteiger partial charge in [0.1, 0.15) is 171 Å². The number of rotatable bonds is 23. The molecule has 36 nitrogen and oxygen atoms in total. The molecule has 458 valence electrons. The van der Waals surface area contributed by atoms with E-state index in [0.717, 1.165) is 0 Å². The Morgan fingerprint density at radius 3 is 0.897 bits per heavy atom. The topological polar surface area (TPSA) is 596 Å². The highest BCUT2D eigenvalue weighted by Crippen LogP contribution is 2.34. The molecule has 0 saturated carbocycles. The summed E-state index contributed by atoms with van der Waals surface area (Å²) in [6.07, 6.45) is -66.8. The number of aliphatic hydroxyl groups is 24. The van der Waals surface area contributed by atoms with E-state index in [4.69, 9.17) is 61.9 Å². The molecule has 78 heavy (non-hydrogen) atoms. The molecule has 0 aromatic heterocycles. The number of hydrogen-bond donors (Lipinski definition) is 24. The Bertz CT molecular complexity index is 1760. The van der Waals surface area contributed by atoms with Crippen LogP contribution in [0, 0.1) is 0 Å². The van der Waals surface area contributed by atoms with Gasteiger partial charge in [0.05, 0.1) is 52.9 Å². The monoisotopic (exact) mass is 1150 g/mol. The van der Waals surface area contributed by atoms with Crippen LogP contribution in [0.1, 0.15) is 0 Å². The lowest BCUT2D eigenvalue weighted by Crippen LogP contribution is -2.66. The molecular formula is C42H74O36. The van der Waals surface area contributed by atoms with Crippen molar-refractivity contribution in [2.24, 2.45) is 0 Å². The standard InChI is InChI=1S/C42H74O36/c43-1-9(47)17(49)18(50)10(48)5-67-39-33(65)35(77-41-31(63)26(58)20(52)12(3-45)72-41)23(55)15(75-39)8-69-38-30(62)28(60)22(54)14(74-38)6-70-40-34(66)36(78-42-32(64)27(59)21(53)13(4-46)73-42)24(56)16(76-40)7-68-37-29(61)25(57)19(51)11(2-44)71-37/h9-66H,1-8H2/t9-,10+,11-,12-,13-,14-,15-,16-,17-,18-,19-,20-,21-,22-,23-,24-,25+,26+,27+,28+,29-,30-,31-,32-,33-,34-,35+,36+,37-,38-,39-,40-,41+,42+/m1/s1. The smallest absolute Gasteiger partial charge is 0.187 e. The molecule has 6 rings (SSSR count). The summed E-state index contributed by atoms with van der Waals surface area (Å²) < 4.78 is 66.7. The van der Waals surface area contributed by atoms with Crippen molar-refractivity contribution in [3.05, 3.63) is 0 Å². The third kappa shape index (κ3) is 14.5. The summed E-state index contributed by atoms with van der Waals surface area (Å²) in [5.74, 6) is 0. The Balaban J connectivity index is 1.17. The van der Waals surface area contributed by atoms with E-state index in [-0.39, 0.29) is 0 Å². The Hall–Kier alpha value is -1.44. The molecule has 36 heteroatoms. The fourth-order valence-electron chi connectivity index (χ4n) is 9.17. The summed E-state index contributed by atoms with van der Waals surface area (Å²) in [5, 5.41) is 251. The van der Waals surface area contributed by atoms with Crippen molar-refractivity contribution in [3.63, 3.8) is 0 Å². The highest BCUT2D eigenvalue weighted by molar-refractivity contribution is 4.98. The van der Waals surface area contributed by atoms with E-state index in [0.29, 0.717) is 0 Å². The van der Waals surface area contributed by atoms with Crippen LogP contribution >= 0.6 is 0 Å². The lowest BCUT2D eigenvalue weighted by Gasteiger charge is -2.47. The third-order valence-corrected chi connectivity index (χ3v) is 14.1. The number of aliphatic hydroxyl groups excluding tert-OH is 24. The van der Waals surface area contributed by atoms with Gasteiger partial charge in [-0.1, -0.05) is 0 Å². The van der Waals surface area contributed by atoms with Gasteiger partial charge in [0.2, 0.25) is 0 Å². The average Bonchev–Trinajstić information content (AvgIpc) is 3.44. The van der Waals surface area contributed by atoms with Crippen LogP contribution in [0.15, 0.2) is 0 Å². The summed E-state index contributed by atoms with van der Waals surface area (Å²) >= 11 is 0. The zero-order chi connectivity index (χ0) is 57.8. The predicted octanol–water partition coefficient (Wildman–Crippen LogP) is -16.6. The molecule has 6 heterocycles. The first-order valence-corrected chi connectivity index (χ1v) is 24.6. The molecule has 0 bridgehead atoms. The van der Waals surface area contributed by atoms with Gasteiger partial charge < -0.3 is 179 Å². The molecule has 0 spiro atoms. The molecule has 0 unspecified atom stereocenters. The molecule has 6 aliphatic heterocycles. The molecule has 0 aromatic rings. The second-order valence-electron chi connectivity index (χ2n) is 19.5. The highest BCUT2D eigenvalue weighted by atomic mass is 16.8. The van der Waals surface area contributed by atoms with Crippen molar-refractivity contribution in [1.82, 2.24) is 0 Å². The van der Waals surface area contributed by atoms with E-state index in [2.05, 4.69) is 0 Å². The largest absolute Gasteiger partial charge is 0.394 e. The third-order valence-electron chi connectivity index (χ3n) is 14.1. The lowest BCUT2D eigenvalue weighted by molar-refractivity contribution is -0.374. The minimum absolute atomic E-state index is 0.858. The van der Waals surface area contributed by atoms with Gasteiger partial charge >= 0.3 is 0 Å². The fourth-order valence-corrected chi connectivity index (χ4v) is 9.17. The molecule has 0 aliphatic carbocycles. The van der Waals surface area contributed by atoms with Crippen LogP contribution in [0.5, 0.6) is 0 Å². The van der Waals surface area contributed by atoms with Crippen LogP contribution < -0.4 is 0 Å². The van der Waals surface area contributed by atoms with Crippen LogP contribution in [-0.2, 0) is 56.8 Å². The van der Waals surface area contributed by atoms with Gasteiger partial charge in [-0.15, -0.1) is 0 Å². The van der Waals surface area contributed by atoms with Crippen molar-refractivity contribution in [3.8, 4) is 0 Å². The van der Waals surface area contributed by atoms with Crippen molar-refractivity contribution >= 4 is 0 Å². The second-order valence-corrected chi connectivity index (χ2v) is 19.5. The Kier molecular flexibility index (Phi) is 24.3. The van der Waals surface area contributed by atoms with E-state index in [1.165, 1.54) is 0 Å². The molecule has 0 radical (unpaired) electrons. The lowest BCUT2D eigenvalue weighted by atomic mass is 9.96. The SMILES string of the molecule is OC[C@@H](O)[C@@H](O)[C@H](O)[C@@H](O)CO[C@@H]1O[C@H](CO[C@@H]2O[C@H](CO[C@@H]3O[C@H](CO[C@@H]4O[C@H](CO)[C@@H](O)[C@H](O)[C@H]4O)[C@@H](O)[C@H](O[C@@H]4O[C@H](CO)[C@@H](O)[C@H](O)[C@H]4O)[C@H]3O)[C@@H](O)[C@H](O)[C@H]2O)[C@@H](O)[C@H](O[C@@H]2O[C@H](CO)[C@@H](O)[C@H](O)[C@H]2O)[C@H]1O. The average molecular weight is 1160 g/mol. The normalized spacial score (nSPS) is 49.2. The van der Waals surface area contributed by atoms with Crippen molar-refractivity contribution in [2.45, 2.75) is 209 Å². The van der Waals surface area contributed by atoms with Gasteiger partial charge in [-0.25, -0.2) is 0 Å². The molecule has 6 fully saturated rings. The van der Waals surface area contributed by atoms with E-state index in [9.17, 15) is 117 Å². The Labute approximate surface area is 440 Å². The number of hydrogen-bond acceptors (Lipinski definition) is 36. The van der Waals surface area contributed by atoms with Gasteiger partial charge in [0, 0.05) is 0 Å². The molecule has 34 atom stereocenters. The van der Waals surface area contributed by atoms with Gasteiger partial charge in [0.15, 0.2) is 37.7 Å². The molecule has 24 N–H and O–H groups in total. The quantitative estimate of drug-likeness (QED) is 0.0452. The first-order chi connectivity index (χ1) is 36.8. The number of ether oxygens (including phenoxy) is 12. The van der Waals surface area contributed by atoms with Crippen LogP contribution in [0.4, 0.5) is 0 Å². The zero-order valence-electron chi connectivity index (χ0n) is 40.9. The Morgan fingerprint density at radius 1 is 0.282 bits per heavy atom. The van der Waals surface area contributed by atoms with E-state index < -0.39 is 262 Å². The van der Waals surface area contributed by atoms with Crippen LogP contribution in [0.2, 0.25) is 0 Å². The second kappa shape index (κ2) is 28.9. The Morgan fingerprint density at radius 2 is 0.551 bits per heavy atom. The van der Waals surface area contributed by atoms with Crippen molar-refractivity contribution < 1.29 is 179 Å². The summed E-state index contributed by atoms with van der Waals surface area (Å²) in [4.78, 5) is 0. The maximum atomic E-state index is 11.5. The van der Waals surface area contributed by atoms with Crippen LogP contribution in [0.3, 0.4) is 0 Å². The first-order valence-electron chi connectivity index (χ1n) is 24.6. The summed E-state index contributed by atoms with van der Waals surface area (Å²) in [5.41, 5.74) is 0. The van der Waals surface area contributed by atoms with Gasteiger partial charge in [0.25, 0.3) is 0 Å². The summed E-state index contributed by atoms with van der Waals surface area (Å²) in [6.45, 7) is -7.56. The van der Waals surface area contributed by atoms with E-state index in [1.54, 1.807) is 0 Å². The zero-order valence-corrected chi connectivity index (χ0v) is 40.9. The molecule has 6 saturated heterocycles. The van der Waals surface area contributed by atoms with Crippen LogP contribution in [0.25, 0.3) is 0 Å². The van der Waals surface area contributed by atoms with Crippen molar-refractivity contribution in [2.75, 3.05) is 52.9 Å². The molecule has 0 aromatic carbocycles. The molecule has 0 amide bonds. The maximum absolute atomic E-state index is 11.5. The maximum Gasteiger partial charge on any atom is 0.187 e. The predicted molar refractivity (Wildman–Crippen MR) is 234 cm³/mol. The first kappa shape index (κ1) is 65.7. The minimum Gasteiger partial charge on any atom is -0.394 e. The van der Waals surface area contributed by atoms with Crippen LogP contribution in [-0.4, -0.2) is 384 Å².